The fourth-order valence-corrected chi connectivity index (χ4v) is 3.32. The zero-order chi connectivity index (χ0) is 10.7. The van der Waals surface area contributed by atoms with Crippen LogP contribution in [0.4, 0.5) is 0 Å². The van der Waals surface area contributed by atoms with Gasteiger partial charge in [0.15, 0.2) is 0 Å². The maximum atomic E-state index is 10.3. The van der Waals surface area contributed by atoms with Crippen molar-refractivity contribution in [1.29, 1.82) is 0 Å². The van der Waals surface area contributed by atoms with Crippen LogP contribution in [0, 0.1) is 10.1 Å². The third kappa shape index (κ3) is 2.74. The third-order valence-corrected chi connectivity index (χ3v) is 4.13. The molecule has 78 valence electrons. The first kappa shape index (κ1) is 10.5. The summed E-state index contributed by atoms with van der Waals surface area (Å²) in [6.45, 7) is 0. The molecule has 1 unspecified atom stereocenters. The van der Waals surface area contributed by atoms with Crippen LogP contribution in [0.3, 0.4) is 0 Å². The molecule has 1 saturated heterocycles. The Balaban J connectivity index is 2.08. The summed E-state index contributed by atoms with van der Waals surface area (Å²) in [6.07, 6.45) is 1.03. The topological polar surface area (TPSA) is 55.2 Å². The number of nitrogens with zero attached hydrogens (tertiary/aromatic N) is 1. The summed E-state index contributed by atoms with van der Waals surface area (Å²) in [5, 5.41) is 10.4. The minimum absolute atomic E-state index is 0.0994. The summed E-state index contributed by atoms with van der Waals surface area (Å²) < 4.78 is 3.82. The highest BCUT2D eigenvalue weighted by Gasteiger charge is 2.23. The number of nitrogens with one attached hydrogen (secondary N) is 1. The van der Waals surface area contributed by atoms with E-state index in [1.54, 1.807) is 0 Å². The molecule has 4 nitrogen and oxygen atoms in total. The van der Waals surface area contributed by atoms with E-state index >= 15 is 0 Å². The maximum Gasteiger partial charge on any atom is 0.255 e. The van der Waals surface area contributed by atoms with Crippen LogP contribution in [0.1, 0.15) is 10.9 Å². The Morgan fingerprint density at radius 1 is 1.40 bits per heavy atom. The second kappa shape index (κ2) is 4.69. The van der Waals surface area contributed by atoms with Gasteiger partial charge in [-0.3, -0.25) is 10.1 Å². The van der Waals surface area contributed by atoms with E-state index in [9.17, 15) is 10.1 Å². The number of hydrogen-bond acceptors (Lipinski definition) is 5. The predicted molar refractivity (Wildman–Crippen MR) is 62.6 cm³/mol. The molecule has 15 heavy (non-hydrogen) atoms. The van der Waals surface area contributed by atoms with Gasteiger partial charge in [0, 0.05) is 0 Å². The lowest BCUT2D eigenvalue weighted by Gasteiger charge is -2.06. The molecule has 0 spiro atoms. The van der Waals surface area contributed by atoms with Crippen molar-refractivity contribution in [2.45, 2.75) is 5.37 Å². The summed E-state index contributed by atoms with van der Waals surface area (Å²) >= 11 is 2.77. The zero-order valence-electron chi connectivity index (χ0n) is 7.62. The van der Waals surface area contributed by atoms with Gasteiger partial charge in [-0.15, -0.1) is 0 Å². The average molecular weight is 240 g/mol. The minimum Gasteiger partial charge on any atom is -0.259 e. The quantitative estimate of drug-likeness (QED) is 0.489. The highest BCUT2D eigenvalue weighted by atomic mass is 32.2. The summed E-state index contributed by atoms with van der Waals surface area (Å²) in [6, 6.07) is 9.86. The molecule has 1 heterocycles. The van der Waals surface area contributed by atoms with Crippen molar-refractivity contribution in [3.8, 4) is 0 Å². The summed E-state index contributed by atoms with van der Waals surface area (Å²) in [4.78, 5) is 9.85. The van der Waals surface area contributed by atoms with Crippen molar-refractivity contribution in [3.63, 3.8) is 0 Å². The first-order valence-electron chi connectivity index (χ1n) is 4.25. The van der Waals surface area contributed by atoms with Crippen molar-refractivity contribution in [2.24, 2.45) is 0 Å². The Hall–Kier alpha value is -0.980. The van der Waals surface area contributed by atoms with Gasteiger partial charge >= 0.3 is 0 Å². The number of thioether (sulfide) groups is 1. The molecule has 0 aromatic heterocycles. The first-order valence-corrected chi connectivity index (χ1v) is 5.94. The molecule has 1 atom stereocenters. The van der Waals surface area contributed by atoms with Crippen LogP contribution in [0.5, 0.6) is 0 Å². The lowest BCUT2D eigenvalue weighted by Crippen LogP contribution is -2.03. The Bertz CT molecular complexity index is 394. The largest absolute Gasteiger partial charge is 0.259 e. The van der Waals surface area contributed by atoms with Crippen molar-refractivity contribution >= 4 is 23.7 Å². The molecule has 6 heteroatoms. The van der Waals surface area contributed by atoms with Crippen molar-refractivity contribution in [1.82, 2.24) is 4.72 Å². The van der Waals surface area contributed by atoms with E-state index in [4.69, 9.17) is 0 Å². The van der Waals surface area contributed by atoms with Gasteiger partial charge in [0.2, 0.25) is 0 Å². The van der Waals surface area contributed by atoms with Crippen LogP contribution < -0.4 is 4.72 Å². The van der Waals surface area contributed by atoms with Crippen molar-refractivity contribution in [3.05, 3.63) is 56.4 Å². The second-order valence-electron chi connectivity index (χ2n) is 2.86. The number of hydrogen-bond donors (Lipinski definition) is 1. The number of nitro groups is 1. The monoisotopic (exact) mass is 240 g/mol. The molecule has 1 aromatic carbocycles. The maximum absolute atomic E-state index is 10.3. The van der Waals surface area contributed by atoms with Crippen LogP contribution in [-0.4, -0.2) is 4.92 Å². The number of benzene rings is 1. The van der Waals surface area contributed by atoms with Gasteiger partial charge in [-0.25, -0.2) is 4.72 Å². The highest BCUT2D eigenvalue weighted by molar-refractivity contribution is 8.24. The predicted octanol–water partition coefficient (Wildman–Crippen LogP) is 2.75. The van der Waals surface area contributed by atoms with Gasteiger partial charge in [-0.05, 0) is 17.5 Å². The highest BCUT2D eigenvalue weighted by Crippen LogP contribution is 2.45. The minimum atomic E-state index is -0.426. The standard InChI is InChI=1S/C9H8N2O2S2/c12-11(13)6-8-14-9(10-15-8)7-4-2-1-3-5-7/h1-6,9-10H/b8-6+. The van der Waals surface area contributed by atoms with Gasteiger partial charge in [-0.2, -0.15) is 0 Å². The van der Waals surface area contributed by atoms with E-state index in [0.29, 0.717) is 4.24 Å². The van der Waals surface area contributed by atoms with E-state index in [0.717, 1.165) is 11.8 Å². The van der Waals surface area contributed by atoms with Crippen molar-refractivity contribution in [2.75, 3.05) is 0 Å². The molecular weight excluding hydrogens is 232 g/mol. The molecule has 0 amide bonds. The molecule has 0 aliphatic carbocycles. The number of rotatable bonds is 2. The van der Waals surface area contributed by atoms with Gasteiger partial charge in [0.25, 0.3) is 6.20 Å². The lowest BCUT2D eigenvalue weighted by atomic mass is 10.2. The first-order chi connectivity index (χ1) is 7.25. The van der Waals surface area contributed by atoms with Crippen molar-refractivity contribution < 1.29 is 4.92 Å². The Kier molecular flexibility index (Phi) is 3.30. The third-order valence-electron chi connectivity index (χ3n) is 1.81. The van der Waals surface area contributed by atoms with Gasteiger partial charge < -0.3 is 0 Å². The molecule has 0 saturated carbocycles. The molecule has 0 bridgehead atoms. The summed E-state index contributed by atoms with van der Waals surface area (Å²) in [5.41, 5.74) is 1.13. The van der Waals surface area contributed by atoms with E-state index < -0.39 is 4.92 Å². The lowest BCUT2D eigenvalue weighted by molar-refractivity contribution is -0.402. The van der Waals surface area contributed by atoms with Crippen LogP contribution in [-0.2, 0) is 0 Å². The molecule has 1 aliphatic heterocycles. The fourth-order valence-electron chi connectivity index (χ4n) is 1.18. The zero-order valence-corrected chi connectivity index (χ0v) is 9.25. The summed E-state index contributed by atoms with van der Waals surface area (Å²) in [7, 11) is 0. The smallest absolute Gasteiger partial charge is 0.255 e. The summed E-state index contributed by atoms with van der Waals surface area (Å²) in [5.74, 6) is 0. The molecule has 0 radical (unpaired) electrons. The van der Waals surface area contributed by atoms with Crippen LogP contribution in [0.2, 0.25) is 0 Å². The van der Waals surface area contributed by atoms with Gasteiger partial charge in [-0.1, -0.05) is 42.1 Å². The molecule has 2 rings (SSSR count). The van der Waals surface area contributed by atoms with Crippen LogP contribution in [0.25, 0.3) is 0 Å². The normalized spacial score (nSPS) is 23.2. The van der Waals surface area contributed by atoms with E-state index in [2.05, 4.69) is 4.72 Å². The van der Waals surface area contributed by atoms with Crippen LogP contribution >= 0.6 is 23.7 Å². The average Bonchev–Trinajstić information content (AvgIpc) is 2.67. The molecule has 1 aromatic rings. The Labute approximate surface area is 95.4 Å². The molecule has 1 N–H and O–H groups in total. The Morgan fingerprint density at radius 2 is 2.13 bits per heavy atom. The molecular formula is C9H8N2O2S2. The van der Waals surface area contributed by atoms with E-state index in [1.165, 1.54) is 23.7 Å². The SMILES string of the molecule is O=[N+]([O-])/C=C1/SNC(c2ccccc2)S1. The fraction of sp³-hybridized carbons (Fsp3) is 0.111. The van der Waals surface area contributed by atoms with Gasteiger partial charge in [0.1, 0.15) is 4.24 Å². The second-order valence-corrected chi connectivity index (χ2v) is 5.15. The Morgan fingerprint density at radius 3 is 2.80 bits per heavy atom. The molecule has 1 fully saturated rings. The van der Waals surface area contributed by atoms with Gasteiger partial charge in [0.05, 0.1) is 10.3 Å². The van der Waals surface area contributed by atoms with Crippen LogP contribution in [0.15, 0.2) is 40.8 Å². The molecule has 1 aliphatic rings. The van der Waals surface area contributed by atoms with E-state index in [1.807, 2.05) is 30.3 Å². The van der Waals surface area contributed by atoms with E-state index in [-0.39, 0.29) is 5.37 Å².